The zero-order chi connectivity index (χ0) is 23.4. The third-order valence-corrected chi connectivity index (χ3v) is 6.07. The lowest BCUT2D eigenvalue weighted by atomic mass is 9.93. The van der Waals surface area contributed by atoms with Crippen molar-refractivity contribution >= 4 is 11.9 Å². The number of amides is 1. The summed E-state index contributed by atoms with van der Waals surface area (Å²) < 4.78 is 7.15. The van der Waals surface area contributed by atoms with Crippen molar-refractivity contribution in [3.05, 3.63) is 54.1 Å². The molecule has 1 fully saturated rings. The van der Waals surface area contributed by atoms with E-state index in [0.29, 0.717) is 18.9 Å². The van der Waals surface area contributed by atoms with Crippen molar-refractivity contribution in [3.63, 3.8) is 0 Å². The molecule has 1 aromatic carbocycles. The number of benzene rings is 1. The van der Waals surface area contributed by atoms with E-state index < -0.39 is 0 Å². The van der Waals surface area contributed by atoms with Crippen molar-refractivity contribution in [2.45, 2.75) is 45.2 Å². The molecule has 8 nitrogen and oxygen atoms in total. The second-order valence-corrected chi connectivity index (χ2v) is 8.66. The third kappa shape index (κ3) is 5.16. The Kier molecular flexibility index (Phi) is 6.91. The van der Waals surface area contributed by atoms with Crippen molar-refractivity contribution in [3.8, 4) is 16.9 Å². The Hall–Kier alpha value is -3.42. The molecule has 0 spiro atoms. The van der Waals surface area contributed by atoms with Gasteiger partial charge in [0.15, 0.2) is 0 Å². The van der Waals surface area contributed by atoms with Crippen LogP contribution in [-0.2, 0) is 11.3 Å². The smallest absolute Gasteiger partial charge is 0.225 e. The molecule has 0 N–H and O–H groups in total. The molecule has 1 aliphatic heterocycles. The van der Waals surface area contributed by atoms with Crippen LogP contribution in [0.15, 0.2) is 42.7 Å². The molecule has 0 unspecified atom stereocenters. The van der Waals surface area contributed by atoms with Crippen LogP contribution in [0.2, 0.25) is 0 Å². The lowest BCUT2D eigenvalue weighted by molar-refractivity contribution is -0.135. The molecular formula is C25H32N6O2. The van der Waals surface area contributed by atoms with Crippen LogP contribution < -0.4 is 9.64 Å². The van der Waals surface area contributed by atoms with Gasteiger partial charge >= 0.3 is 0 Å². The zero-order valence-electron chi connectivity index (χ0n) is 19.9. The van der Waals surface area contributed by atoms with Gasteiger partial charge in [-0.25, -0.2) is 9.97 Å². The molecule has 0 saturated carbocycles. The maximum absolute atomic E-state index is 13.3. The quantitative estimate of drug-likeness (QED) is 0.546. The van der Waals surface area contributed by atoms with E-state index in [2.05, 4.69) is 10.1 Å². The number of aryl methyl sites for hydroxylation is 2. The zero-order valence-corrected chi connectivity index (χ0v) is 19.9. The minimum Gasteiger partial charge on any atom is -0.497 e. The SMILES string of the molecule is COc1ccc(-c2cnc(N(C)C)nc2[C@H]2CCCCN2C(=O)CCn2ccc(C)n2)cc1. The fraction of sp³-hybridized carbons (Fsp3) is 0.440. The van der Waals surface area contributed by atoms with Crippen molar-refractivity contribution in [2.24, 2.45) is 0 Å². The summed E-state index contributed by atoms with van der Waals surface area (Å²) in [5, 5.41) is 4.41. The van der Waals surface area contributed by atoms with Gasteiger partial charge in [0.1, 0.15) is 5.75 Å². The van der Waals surface area contributed by atoms with Crippen LogP contribution in [0.3, 0.4) is 0 Å². The molecule has 1 saturated heterocycles. The number of carbonyl (C=O) groups excluding carboxylic acids is 1. The van der Waals surface area contributed by atoms with Crippen LogP contribution >= 0.6 is 0 Å². The van der Waals surface area contributed by atoms with Gasteiger partial charge in [-0.2, -0.15) is 5.10 Å². The minimum atomic E-state index is -0.0793. The molecule has 1 amide bonds. The van der Waals surface area contributed by atoms with Crippen molar-refractivity contribution < 1.29 is 9.53 Å². The van der Waals surface area contributed by atoms with E-state index in [0.717, 1.165) is 54.1 Å². The minimum absolute atomic E-state index is 0.0793. The average molecular weight is 449 g/mol. The van der Waals surface area contributed by atoms with Crippen LogP contribution in [-0.4, -0.2) is 58.3 Å². The molecule has 174 valence electrons. The highest BCUT2D eigenvalue weighted by molar-refractivity contribution is 5.77. The second-order valence-electron chi connectivity index (χ2n) is 8.66. The van der Waals surface area contributed by atoms with E-state index in [1.807, 2.05) is 78.2 Å². The summed E-state index contributed by atoms with van der Waals surface area (Å²) in [6, 6.07) is 9.80. The van der Waals surface area contributed by atoms with Crippen LogP contribution in [0.5, 0.6) is 5.75 Å². The molecule has 1 aliphatic rings. The summed E-state index contributed by atoms with van der Waals surface area (Å²) in [7, 11) is 5.52. The van der Waals surface area contributed by atoms with Crippen LogP contribution in [0, 0.1) is 6.92 Å². The van der Waals surface area contributed by atoms with Gasteiger partial charge in [0.2, 0.25) is 11.9 Å². The van der Waals surface area contributed by atoms with E-state index in [4.69, 9.17) is 9.72 Å². The van der Waals surface area contributed by atoms with E-state index in [1.54, 1.807) is 7.11 Å². The number of likely N-dealkylation sites (tertiary alicyclic amines) is 1. The largest absolute Gasteiger partial charge is 0.497 e. The summed E-state index contributed by atoms with van der Waals surface area (Å²) in [4.78, 5) is 26.7. The predicted octanol–water partition coefficient (Wildman–Crippen LogP) is 3.87. The molecule has 2 aromatic heterocycles. The molecule has 8 heteroatoms. The van der Waals surface area contributed by atoms with E-state index in [1.165, 1.54) is 0 Å². The van der Waals surface area contributed by atoms with Gasteiger partial charge in [-0.05, 0) is 49.9 Å². The molecule has 0 bridgehead atoms. The summed E-state index contributed by atoms with van der Waals surface area (Å²) in [5.41, 5.74) is 3.83. The fourth-order valence-electron chi connectivity index (χ4n) is 4.30. The Morgan fingerprint density at radius 2 is 1.97 bits per heavy atom. The van der Waals surface area contributed by atoms with E-state index in [-0.39, 0.29) is 11.9 Å². The fourth-order valence-corrected chi connectivity index (χ4v) is 4.30. The van der Waals surface area contributed by atoms with Gasteiger partial charge in [0.25, 0.3) is 0 Å². The Morgan fingerprint density at radius 3 is 2.64 bits per heavy atom. The Labute approximate surface area is 195 Å². The number of hydrogen-bond donors (Lipinski definition) is 0. The molecular weight excluding hydrogens is 416 g/mol. The highest BCUT2D eigenvalue weighted by Gasteiger charge is 2.31. The van der Waals surface area contributed by atoms with Crippen LogP contribution in [0.25, 0.3) is 11.1 Å². The number of hydrogen-bond acceptors (Lipinski definition) is 6. The van der Waals surface area contributed by atoms with Gasteiger partial charge in [-0.15, -0.1) is 0 Å². The number of carbonyl (C=O) groups is 1. The summed E-state index contributed by atoms with van der Waals surface area (Å²) in [6.07, 6.45) is 7.18. The number of methoxy groups -OCH3 is 1. The normalized spacial score (nSPS) is 16.0. The number of nitrogens with zero attached hydrogens (tertiary/aromatic N) is 6. The lowest BCUT2D eigenvalue weighted by Crippen LogP contribution is -2.39. The first-order chi connectivity index (χ1) is 16.0. The topological polar surface area (TPSA) is 76.4 Å². The molecule has 33 heavy (non-hydrogen) atoms. The average Bonchev–Trinajstić information content (AvgIpc) is 3.27. The van der Waals surface area contributed by atoms with Gasteiger partial charge in [-0.1, -0.05) is 12.1 Å². The molecule has 0 aliphatic carbocycles. The summed E-state index contributed by atoms with van der Waals surface area (Å²) in [6.45, 7) is 3.27. The predicted molar refractivity (Wildman–Crippen MR) is 128 cm³/mol. The standard InChI is InChI=1S/C25H32N6O2/c1-18-12-15-30(28-18)16-13-23(32)31-14-6-5-7-22(31)24-21(17-26-25(27-24)29(2)3)19-8-10-20(33-4)11-9-19/h8-12,15,17,22H,5-7,13-14,16H2,1-4H3/t22-/m1/s1. The maximum Gasteiger partial charge on any atom is 0.225 e. The molecule has 4 rings (SSSR count). The van der Waals surface area contributed by atoms with Gasteiger partial charge in [-0.3, -0.25) is 9.48 Å². The number of aromatic nitrogens is 4. The lowest BCUT2D eigenvalue weighted by Gasteiger charge is -2.36. The Bertz CT molecular complexity index is 1090. The van der Waals surface area contributed by atoms with Gasteiger partial charge in [0, 0.05) is 51.6 Å². The first-order valence-corrected chi connectivity index (χ1v) is 11.4. The highest BCUT2D eigenvalue weighted by Crippen LogP contribution is 2.37. The van der Waals surface area contributed by atoms with Crippen molar-refractivity contribution in [2.75, 3.05) is 32.6 Å². The maximum atomic E-state index is 13.3. The number of anilines is 1. The molecule has 3 aromatic rings. The number of ether oxygens (including phenoxy) is 1. The Morgan fingerprint density at radius 1 is 1.18 bits per heavy atom. The Balaban J connectivity index is 1.65. The van der Waals surface area contributed by atoms with E-state index >= 15 is 0 Å². The van der Waals surface area contributed by atoms with Crippen LogP contribution in [0.1, 0.15) is 43.1 Å². The highest BCUT2D eigenvalue weighted by atomic mass is 16.5. The molecule has 3 heterocycles. The monoisotopic (exact) mass is 448 g/mol. The van der Waals surface area contributed by atoms with Gasteiger partial charge in [0.05, 0.1) is 24.5 Å². The first-order valence-electron chi connectivity index (χ1n) is 11.4. The second kappa shape index (κ2) is 10.0. The molecule has 1 atom stereocenters. The number of rotatable bonds is 7. The van der Waals surface area contributed by atoms with Gasteiger partial charge < -0.3 is 14.5 Å². The summed E-state index contributed by atoms with van der Waals surface area (Å²) in [5.74, 6) is 1.58. The van der Waals surface area contributed by atoms with Crippen molar-refractivity contribution in [1.82, 2.24) is 24.6 Å². The van der Waals surface area contributed by atoms with Crippen molar-refractivity contribution in [1.29, 1.82) is 0 Å². The number of piperidine rings is 1. The first kappa shape index (κ1) is 22.8. The van der Waals surface area contributed by atoms with E-state index in [9.17, 15) is 4.79 Å². The third-order valence-electron chi connectivity index (χ3n) is 6.07. The summed E-state index contributed by atoms with van der Waals surface area (Å²) >= 11 is 0. The van der Waals surface area contributed by atoms with Crippen LogP contribution in [0.4, 0.5) is 5.95 Å². The molecule has 0 radical (unpaired) electrons.